The van der Waals surface area contributed by atoms with Gasteiger partial charge in [0.15, 0.2) is 0 Å². The standard InChI is InChI=1S/C23H25ClN4O4/c1-23(2,3)32-22(31)28-12-10-15(11-13-28)20(29)26-18-7-5-4-6-17(18)21(30)27-19-9-8-16(24)14-25-19/h4-10,14H,11-13H2,1-3H3,(H,26,29)(H,25,27,30). The first-order valence-electron chi connectivity index (χ1n) is 10.1. The molecule has 3 rings (SSSR count). The summed E-state index contributed by atoms with van der Waals surface area (Å²) in [6.07, 6.45) is 3.10. The fourth-order valence-corrected chi connectivity index (χ4v) is 3.11. The lowest BCUT2D eigenvalue weighted by atomic mass is 10.1. The van der Waals surface area contributed by atoms with Crippen LogP contribution in [0.25, 0.3) is 0 Å². The van der Waals surface area contributed by atoms with Gasteiger partial charge in [-0.15, -0.1) is 0 Å². The Morgan fingerprint density at radius 2 is 1.81 bits per heavy atom. The second-order valence-electron chi connectivity index (χ2n) is 8.22. The summed E-state index contributed by atoms with van der Waals surface area (Å²) in [6, 6.07) is 9.91. The third-order valence-corrected chi connectivity index (χ3v) is 4.76. The van der Waals surface area contributed by atoms with Crippen LogP contribution in [0.5, 0.6) is 0 Å². The highest BCUT2D eigenvalue weighted by atomic mass is 35.5. The van der Waals surface area contributed by atoms with Crippen LogP contribution < -0.4 is 10.6 Å². The zero-order valence-electron chi connectivity index (χ0n) is 18.1. The van der Waals surface area contributed by atoms with Crippen LogP contribution in [0.2, 0.25) is 5.02 Å². The molecule has 1 aliphatic heterocycles. The molecule has 9 heteroatoms. The maximum Gasteiger partial charge on any atom is 0.410 e. The molecule has 0 aliphatic carbocycles. The van der Waals surface area contributed by atoms with Crippen molar-refractivity contribution in [1.29, 1.82) is 0 Å². The van der Waals surface area contributed by atoms with Crippen molar-refractivity contribution >= 4 is 41.0 Å². The minimum absolute atomic E-state index is 0.280. The molecule has 2 N–H and O–H groups in total. The Bertz CT molecular complexity index is 1040. The van der Waals surface area contributed by atoms with Crippen molar-refractivity contribution < 1.29 is 19.1 Å². The van der Waals surface area contributed by atoms with Gasteiger partial charge < -0.3 is 20.3 Å². The molecular formula is C23H25ClN4O4. The Hall–Kier alpha value is -3.39. The van der Waals surface area contributed by atoms with E-state index in [1.54, 1.807) is 68.1 Å². The number of aromatic nitrogens is 1. The number of rotatable bonds is 4. The summed E-state index contributed by atoms with van der Waals surface area (Å²) in [6.45, 7) is 6.07. The van der Waals surface area contributed by atoms with Crippen molar-refractivity contribution in [2.75, 3.05) is 23.7 Å². The second kappa shape index (κ2) is 9.82. The molecule has 1 aromatic heterocycles. The first kappa shape index (κ1) is 23.3. The zero-order chi connectivity index (χ0) is 23.3. The van der Waals surface area contributed by atoms with E-state index in [4.69, 9.17) is 16.3 Å². The molecule has 0 spiro atoms. The first-order valence-corrected chi connectivity index (χ1v) is 10.5. The quantitative estimate of drug-likeness (QED) is 0.705. The smallest absolute Gasteiger partial charge is 0.410 e. The second-order valence-corrected chi connectivity index (χ2v) is 8.66. The van der Waals surface area contributed by atoms with Crippen molar-refractivity contribution in [1.82, 2.24) is 9.88 Å². The maximum atomic E-state index is 12.8. The van der Waals surface area contributed by atoms with Crippen LogP contribution >= 0.6 is 11.6 Å². The number of pyridine rings is 1. The summed E-state index contributed by atoms with van der Waals surface area (Å²) in [5.74, 6) is -0.388. The highest BCUT2D eigenvalue weighted by molar-refractivity contribution is 6.30. The van der Waals surface area contributed by atoms with E-state index in [1.165, 1.54) is 6.20 Å². The minimum atomic E-state index is -0.579. The highest BCUT2D eigenvalue weighted by Gasteiger charge is 2.25. The predicted octanol–water partition coefficient (Wildman–Crippen LogP) is 4.49. The van der Waals surface area contributed by atoms with Gasteiger partial charge in [-0.3, -0.25) is 9.59 Å². The predicted molar refractivity (Wildman–Crippen MR) is 123 cm³/mol. The summed E-state index contributed by atoms with van der Waals surface area (Å²) in [7, 11) is 0. The molecule has 168 valence electrons. The zero-order valence-corrected chi connectivity index (χ0v) is 18.9. The van der Waals surface area contributed by atoms with Crippen LogP contribution in [-0.4, -0.2) is 46.5 Å². The van der Waals surface area contributed by atoms with Crippen LogP contribution in [0, 0.1) is 0 Å². The summed E-state index contributed by atoms with van der Waals surface area (Å²) in [5.41, 5.74) is 0.632. The number of amides is 3. The normalized spacial score (nSPS) is 13.8. The number of hydrogen-bond donors (Lipinski definition) is 2. The van der Waals surface area contributed by atoms with Gasteiger partial charge in [0.2, 0.25) is 0 Å². The molecule has 8 nitrogen and oxygen atoms in total. The number of halogens is 1. The van der Waals surface area contributed by atoms with Gasteiger partial charge in [-0.05, 0) is 51.5 Å². The highest BCUT2D eigenvalue weighted by Crippen LogP contribution is 2.21. The van der Waals surface area contributed by atoms with Gasteiger partial charge in [0.1, 0.15) is 11.4 Å². The molecule has 0 unspecified atom stereocenters. The topological polar surface area (TPSA) is 101 Å². The van der Waals surface area contributed by atoms with Crippen molar-refractivity contribution in [3.05, 3.63) is 64.8 Å². The van der Waals surface area contributed by atoms with Gasteiger partial charge in [-0.2, -0.15) is 0 Å². The number of hydrogen-bond acceptors (Lipinski definition) is 5. The molecule has 3 amide bonds. The molecule has 0 radical (unpaired) electrons. The number of carbonyl (C=O) groups is 3. The van der Waals surface area contributed by atoms with E-state index < -0.39 is 17.6 Å². The molecule has 0 fully saturated rings. The van der Waals surface area contributed by atoms with E-state index in [0.717, 1.165) is 0 Å². The number of ether oxygens (including phenoxy) is 1. The Labute approximate surface area is 191 Å². The number of para-hydroxylation sites is 1. The number of nitrogens with zero attached hydrogens (tertiary/aromatic N) is 2. The fraction of sp³-hybridized carbons (Fsp3) is 0.304. The van der Waals surface area contributed by atoms with Crippen LogP contribution in [0.15, 0.2) is 54.2 Å². The maximum absolute atomic E-state index is 12.8. The summed E-state index contributed by atoms with van der Waals surface area (Å²) in [4.78, 5) is 43.3. The van der Waals surface area contributed by atoms with Crippen molar-refractivity contribution in [3.8, 4) is 0 Å². The van der Waals surface area contributed by atoms with Gasteiger partial charge in [0.25, 0.3) is 11.8 Å². The average molecular weight is 457 g/mol. The van der Waals surface area contributed by atoms with E-state index >= 15 is 0 Å². The molecule has 1 aliphatic rings. The van der Waals surface area contributed by atoms with Crippen LogP contribution in [-0.2, 0) is 9.53 Å². The SMILES string of the molecule is CC(C)(C)OC(=O)N1CC=C(C(=O)Nc2ccccc2C(=O)Nc2ccc(Cl)cn2)CC1. The molecule has 0 atom stereocenters. The van der Waals surface area contributed by atoms with E-state index in [2.05, 4.69) is 15.6 Å². The summed E-state index contributed by atoms with van der Waals surface area (Å²) >= 11 is 5.82. The van der Waals surface area contributed by atoms with Crippen LogP contribution in [0.3, 0.4) is 0 Å². The Balaban J connectivity index is 1.65. The van der Waals surface area contributed by atoms with E-state index in [0.29, 0.717) is 40.6 Å². The van der Waals surface area contributed by atoms with Crippen molar-refractivity contribution in [2.24, 2.45) is 0 Å². The molecule has 0 bridgehead atoms. The van der Waals surface area contributed by atoms with E-state index in [1.807, 2.05) is 0 Å². The number of carbonyl (C=O) groups excluding carboxylic acids is 3. The Morgan fingerprint density at radius 3 is 2.44 bits per heavy atom. The van der Waals surface area contributed by atoms with Crippen molar-refractivity contribution in [2.45, 2.75) is 32.8 Å². The summed E-state index contributed by atoms with van der Waals surface area (Å²) in [5, 5.41) is 5.94. The largest absolute Gasteiger partial charge is 0.444 e. The lowest BCUT2D eigenvalue weighted by Gasteiger charge is -2.29. The Kier molecular flexibility index (Phi) is 7.15. The Morgan fingerprint density at radius 1 is 1.06 bits per heavy atom. The van der Waals surface area contributed by atoms with Gasteiger partial charge >= 0.3 is 6.09 Å². The lowest BCUT2D eigenvalue weighted by Crippen LogP contribution is -2.40. The van der Waals surface area contributed by atoms with Crippen LogP contribution in [0.1, 0.15) is 37.6 Å². The molecule has 32 heavy (non-hydrogen) atoms. The first-order chi connectivity index (χ1) is 15.1. The third kappa shape index (κ3) is 6.31. The number of benzene rings is 1. The van der Waals surface area contributed by atoms with Gasteiger partial charge in [-0.25, -0.2) is 9.78 Å². The molecule has 2 heterocycles. The average Bonchev–Trinajstić information content (AvgIpc) is 2.74. The van der Waals surface area contributed by atoms with Gasteiger partial charge in [0, 0.05) is 24.9 Å². The lowest BCUT2D eigenvalue weighted by molar-refractivity contribution is -0.113. The number of anilines is 2. The monoisotopic (exact) mass is 456 g/mol. The molecular weight excluding hydrogens is 432 g/mol. The fourth-order valence-electron chi connectivity index (χ4n) is 2.99. The van der Waals surface area contributed by atoms with Gasteiger partial charge in [-0.1, -0.05) is 29.8 Å². The molecule has 2 aromatic rings. The van der Waals surface area contributed by atoms with Crippen LogP contribution in [0.4, 0.5) is 16.3 Å². The van der Waals surface area contributed by atoms with E-state index in [-0.39, 0.29) is 12.5 Å². The summed E-state index contributed by atoms with van der Waals surface area (Å²) < 4.78 is 5.37. The third-order valence-electron chi connectivity index (χ3n) is 4.54. The molecule has 0 saturated heterocycles. The minimum Gasteiger partial charge on any atom is -0.444 e. The molecule has 1 aromatic carbocycles. The van der Waals surface area contributed by atoms with Crippen molar-refractivity contribution in [3.63, 3.8) is 0 Å². The van der Waals surface area contributed by atoms with E-state index in [9.17, 15) is 14.4 Å². The molecule has 0 saturated carbocycles. The number of nitrogens with one attached hydrogen (secondary N) is 2. The van der Waals surface area contributed by atoms with Gasteiger partial charge in [0.05, 0.1) is 16.3 Å².